The number of rotatable bonds is 3. The molecule has 0 aliphatic heterocycles. The molecule has 3 N–H and O–H groups in total. The van der Waals surface area contributed by atoms with Crippen molar-refractivity contribution in [3.63, 3.8) is 0 Å². The number of nitrogens with one attached hydrogen (secondary N) is 3. The normalized spacial score (nSPS) is 10.1. The number of benzene rings is 1. The van der Waals surface area contributed by atoms with Gasteiger partial charge in [0.05, 0.1) is 28.0 Å². The lowest BCUT2D eigenvalue weighted by Crippen LogP contribution is -2.28. The van der Waals surface area contributed by atoms with Crippen LogP contribution >= 0.6 is 35.4 Å². The minimum atomic E-state index is 0.449. The van der Waals surface area contributed by atoms with Crippen molar-refractivity contribution in [3.8, 4) is 0 Å². The molecular formula is C11H10Cl2N4S. The fourth-order valence-electron chi connectivity index (χ4n) is 1.33. The topological polar surface area (TPSA) is 52.7 Å². The fourth-order valence-corrected chi connectivity index (χ4v) is 1.86. The van der Waals surface area contributed by atoms with Crippen molar-refractivity contribution in [2.45, 2.75) is 6.54 Å². The molecule has 0 saturated heterocycles. The molecule has 18 heavy (non-hydrogen) atoms. The highest BCUT2D eigenvalue weighted by Crippen LogP contribution is 2.29. The van der Waals surface area contributed by atoms with E-state index in [0.29, 0.717) is 27.4 Å². The summed E-state index contributed by atoms with van der Waals surface area (Å²) in [5, 5.41) is 14.1. The van der Waals surface area contributed by atoms with Gasteiger partial charge in [0.25, 0.3) is 0 Å². The molecule has 0 bridgehead atoms. The lowest BCUT2D eigenvalue weighted by molar-refractivity contribution is 0.865. The van der Waals surface area contributed by atoms with E-state index in [9.17, 15) is 0 Å². The predicted molar refractivity (Wildman–Crippen MR) is 78.1 cm³/mol. The van der Waals surface area contributed by atoms with Gasteiger partial charge in [-0.1, -0.05) is 29.3 Å². The lowest BCUT2D eigenvalue weighted by Gasteiger charge is -2.11. The van der Waals surface area contributed by atoms with Crippen molar-refractivity contribution in [1.29, 1.82) is 0 Å². The first-order valence-electron chi connectivity index (χ1n) is 5.14. The first kappa shape index (κ1) is 13.1. The summed E-state index contributed by atoms with van der Waals surface area (Å²) in [6.45, 7) is 0.560. The van der Waals surface area contributed by atoms with E-state index in [0.717, 1.165) is 5.69 Å². The maximum atomic E-state index is 6.04. The van der Waals surface area contributed by atoms with Crippen molar-refractivity contribution in [1.82, 2.24) is 15.5 Å². The summed E-state index contributed by atoms with van der Waals surface area (Å²) < 4.78 is 0. The average molecular weight is 301 g/mol. The van der Waals surface area contributed by atoms with Crippen molar-refractivity contribution in [3.05, 3.63) is 46.2 Å². The number of H-pyrrole nitrogens is 1. The summed E-state index contributed by atoms with van der Waals surface area (Å²) in [5.41, 5.74) is 1.61. The Labute approximate surface area is 120 Å². The van der Waals surface area contributed by atoms with Gasteiger partial charge in [-0.05, 0) is 30.4 Å². The van der Waals surface area contributed by atoms with Crippen molar-refractivity contribution in [2.24, 2.45) is 0 Å². The van der Waals surface area contributed by atoms with Crippen LogP contribution in [0.15, 0.2) is 30.5 Å². The minimum Gasteiger partial charge on any atom is -0.357 e. The number of aromatic nitrogens is 2. The van der Waals surface area contributed by atoms with Crippen molar-refractivity contribution < 1.29 is 0 Å². The van der Waals surface area contributed by atoms with E-state index in [-0.39, 0.29) is 0 Å². The second kappa shape index (κ2) is 6.04. The van der Waals surface area contributed by atoms with E-state index in [2.05, 4.69) is 20.8 Å². The maximum absolute atomic E-state index is 6.04. The Bertz CT molecular complexity index is 542. The molecule has 0 aliphatic rings. The standard InChI is InChI=1S/C11H10Cl2N4S/c12-8-2-1-3-9(10(8)13)16-11(18)14-6-7-4-5-15-17-7/h1-5H,6H2,(H,15,17)(H2,14,16,18). The number of thiocarbonyl (C=S) groups is 1. The lowest BCUT2D eigenvalue weighted by atomic mass is 10.3. The zero-order valence-electron chi connectivity index (χ0n) is 9.21. The van der Waals surface area contributed by atoms with Gasteiger partial charge in [-0.2, -0.15) is 5.10 Å². The Morgan fingerprint density at radius 3 is 2.89 bits per heavy atom. The molecule has 0 aliphatic carbocycles. The predicted octanol–water partition coefficient (Wildman–Crippen LogP) is 3.20. The van der Waals surface area contributed by atoms with Crippen LogP contribution in [0.3, 0.4) is 0 Å². The molecule has 94 valence electrons. The Balaban J connectivity index is 1.93. The maximum Gasteiger partial charge on any atom is 0.171 e. The van der Waals surface area contributed by atoms with E-state index >= 15 is 0 Å². The zero-order valence-corrected chi connectivity index (χ0v) is 11.5. The highest BCUT2D eigenvalue weighted by Gasteiger charge is 2.05. The number of hydrogen-bond donors (Lipinski definition) is 3. The highest BCUT2D eigenvalue weighted by molar-refractivity contribution is 7.80. The number of anilines is 1. The van der Waals surface area contributed by atoms with Gasteiger partial charge < -0.3 is 10.6 Å². The highest BCUT2D eigenvalue weighted by atomic mass is 35.5. The zero-order chi connectivity index (χ0) is 13.0. The molecule has 1 aromatic carbocycles. The van der Waals surface area contributed by atoms with Gasteiger partial charge in [0, 0.05) is 6.20 Å². The molecule has 4 nitrogen and oxygen atoms in total. The third-order valence-corrected chi connectivity index (χ3v) is 3.26. The summed E-state index contributed by atoms with van der Waals surface area (Å²) in [6.07, 6.45) is 1.68. The van der Waals surface area contributed by atoms with Crippen LogP contribution in [0, 0.1) is 0 Å². The smallest absolute Gasteiger partial charge is 0.171 e. The number of nitrogens with zero attached hydrogens (tertiary/aromatic N) is 1. The Morgan fingerprint density at radius 2 is 2.17 bits per heavy atom. The van der Waals surface area contributed by atoms with Gasteiger partial charge in [0.1, 0.15) is 0 Å². The molecule has 0 saturated carbocycles. The van der Waals surface area contributed by atoms with Gasteiger partial charge >= 0.3 is 0 Å². The SMILES string of the molecule is S=C(NCc1ccn[nH]1)Nc1cccc(Cl)c1Cl. The van der Waals surface area contributed by atoms with Crippen LogP contribution in [-0.4, -0.2) is 15.3 Å². The summed E-state index contributed by atoms with van der Waals surface area (Å²) in [5.74, 6) is 0. The van der Waals surface area contributed by atoms with Crippen LogP contribution in [-0.2, 0) is 6.54 Å². The summed E-state index contributed by atoms with van der Waals surface area (Å²) in [6, 6.07) is 7.19. The Kier molecular flexibility index (Phi) is 4.41. The number of hydrogen-bond acceptors (Lipinski definition) is 2. The molecule has 0 unspecified atom stereocenters. The molecule has 0 fully saturated rings. The van der Waals surface area contributed by atoms with Gasteiger partial charge in [0.15, 0.2) is 5.11 Å². The second-order valence-electron chi connectivity index (χ2n) is 3.49. The van der Waals surface area contributed by atoms with Crippen LogP contribution in [0.25, 0.3) is 0 Å². The largest absolute Gasteiger partial charge is 0.357 e. The van der Waals surface area contributed by atoms with E-state index in [1.54, 1.807) is 24.4 Å². The molecular weight excluding hydrogens is 291 g/mol. The van der Waals surface area contributed by atoms with Crippen molar-refractivity contribution in [2.75, 3.05) is 5.32 Å². The second-order valence-corrected chi connectivity index (χ2v) is 4.68. The van der Waals surface area contributed by atoms with Crippen LogP contribution in [0.5, 0.6) is 0 Å². The number of aromatic amines is 1. The van der Waals surface area contributed by atoms with E-state index in [4.69, 9.17) is 35.4 Å². The molecule has 0 amide bonds. The molecule has 7 heteroatoms. The summed E-state index contributed by atoms with van der Waals surface area (Å²) >= 11 is 17.1. The van der Waals surface area contributed by atoms with E-state index < -0.39 is 0 Å². The molecule has 2 rings (SSSR count). The molecule has 0 spiro atoms. The van der Waals surface area contributed by atoms with Crippen LogP contribution in [0.2, 0.25) is 10.0 Å². The minimum absolute atomic E-state index is 0.449. The van der Waals surface area contributed by atoms with Gasteiger partial charge in [-0.3, -0.25) is 5.10 Å². The Hall–Kier alpha value is -1.30. The van der Waals surface area contributed by atoms with Gasteiger partial charge in [0.2, 0.25) is 0 Å². The number of halogens is 2. The molecule has 0 radical (unpaired) electrons. The summed E-state index contributed by atoms with van der Waals surface area (Å²) in [7, 11) is 0. The van der Waals surface area contributed by atoms with Crippen LogP contribution in [0.4, 0.5) is 5.69 Å². The van der Waals surface area contributed by atoms with Gasteiger partial charge in [-0.25, -0.2) is 0 Å². The van der Waals surface area contributed by atoms with Crippen LogP contribution < -0.4 is 10.6 Å². The van der Waals surface area contributed by atoms with Crippen molar-refractivity contribution >= 4 is 46.2 Å². The van der Waals surface area contributed by atoms with Crippen LogP contribution in [0.1, 0.15) is 5.69 Å². The third kappa shape index (κ3) is 3.35. The van der Waals surface area contributed by atoms with E-state index in [1.165, 1.54) is 0 Å². The monoisotopic (exact) mass is 300 g/mol. The average Bonchev–Trinajstić information content (AvgIpc) is 2.86. The molecule has 0 atom stereocenters. The Morgan fingerprint density at radius 1 is 1.33 bits per heavy atom. The van der Waals surface area contributed by atoms with Gasteiger partial charge in [-0.15, -0.1) is 0 Å². The van der Waals surface area contributed by atoms with E-state index in [1.807, 2.05) is 6.07 Å². The quantitative estimate of drug-likeness (QED) is 0.762. The third-order valence-electron chi connectivity index (χ3n) is 2.20. The molecule has 1 heterocycles. The molecule has 2 aromatic rings. The molecule has 1 aromatic heterocycles. The fraction of sp³-hybridized carbons (Fsp3) is 0.0909. The first-order chi connectivity index (χ1) is 8.66. The summed E-state index contributed by atoms with van der Waals surface area (Å²) in [4.78, 5) is 0. The first-order valence-corrected chi connectivity index (χ1v) is 6.30.